The van der Waals surface area contributed by atoms with Crippen molar-refractivity contribution in [3.63, 3.8) is 0 Å². The lowest BCUT2D eigenvalue weighted by Crippen LogP contribution is -2.39. The molecule has 10 heteroatoms. The van der Waals surface area contributed by atoms with Crippen LogP contribution in [0.4, 0.5) is 0 Å². The maximum Gasteiger partial charge on any atom is 0.288 e. The summed E-state index contributed by atoms with van der Waals surface area (Å²) in [7, 11) is 1.03. The van der Waals surface area contributed by atoms with Crippen LogP contribution in [0.5, 0.6) is 5.75 Å². The second-order valence-electron chi connectivity index (χ2n) is 8.54. The summed E-state index contributed by atoms with van der Waals surface area (Å²) in [5.74, 6) is 1.35. The second-order valence-corrected chi connectivity index (χ2v) is 10.5. The van der Waals surface area contributed by atoms with Crippen LogP contribution in [-0.2, 0) is 24.3 Å². The third kappa shape index (κ3) is 6.26. The fraction of sp³-hybridized carbons (Fsp3) is 0.609. The Morgan fingerprint density at radius 2 is 1.88 bits per heavy atom. The molecule has 1 aromatic carbocycles. The molecule has 33 heavy (non-hydrogen) atoms. The quantitative estimate of drug-likeness (QED) is 0.513. The van der Waals surface area contributed by atoms with E-state index in [0.29, 0.717) is 18.1 Å². The Morgan fingerprint density at radius 1 is 1.18 bits per heavy atom. The Labute approximate surface area is 196 Å². The van der Waals surface area contributed by atoms with E-state index in [1.54, 1.807) is 26.2 Å². The van der Waals surface area contributed by atoms with Gasteiger partial charge >= 0.3 is 0 Å². The topological polar surface area (TPSA) is 106 Å². The number of carbonyl (C=O) groups excluding carboxylic acids is 1. The van der Waals surface area contributed by atoms with Crippen LogP contribution >= 0.6 is 0 Å². The van der Waals surface area contributed by atoms with Crippen LogP contribution in [0, 0.1) is 11.8 Å². The highest BCUT2D eigenvalue weighted by atomic mass is 32.2. The molecule has 0 radical (unpaired) electrons. The highest BCUT2D eigenvalue weighted by molar-refractivity contribution is 7.89. The Kier molecular flexibility index (Phi) is 8.75. The molecule has 0 aromatic heterocycles. The molecule has 184 valence electrons. The minimum atomic E-state index is -3.82. The lowest BCUT2D eigenvalue weighted by atomic mass is 9.73. The summed E-state index contributed by atoms with van der Waals surface area (Å²) in [5.41, 5.74) is 0. The number of likely N-dealkylation sites (N-methyl/N-ethyl adjacent to an activating group) is 1. The van der Waals surface area contributed by atoms with Crippen LogP contribution in [0.2, 0.25) is 0 Å². The first-order chi connectivity index (χ1) is 15.8. The zero-order chi connectivity index (χ0) is 24.0. The summed E-state index contributed by atoms with van der Waals surface area (Å²) in [6.07, 6.45) is 5.36. The minimum absolute atomic E-state index is 0.0452. The summed E-state index contributed by atoms with van der Waals surface area (Å²) >= 11 is 0. The highest BCUT2D eigenvalue weighted by Crippen LogP contribution is 2.40. The molecular weight excluding hydrogens is 448 g/mol. The average Bonchev–Trinajstić information content (AvgIpc) is 2.76. The van der Waals surface area contributed by atoms with E-state index in [-0.39, 0.29) is 48.8 Å². The summed E-state index contributed by atoms with van der Waals surface area (Å²) in [6.45, 7) is -0.258. The van der Waals surface area contributed by atoms with E-state index in [1.807, 2.05) is 6.08 Å². The molecule has 1 N–H and O–H groups in total. The molecule has 3 rings (SSSR count). The van der Waals surface area contributed by atoms with Crippen LogP contribution in [0.15, 0.2) is 41.0 Å². The third-order valence-electron chi connectivity index (χ3n) is 6.15. The standard InChI is InChI=1S/C23H34N2O7S/c1-24(2)23(27)21-15-18(17-5-4-6-17)16-22(32-21)31-14-12-25(11-13-26)33(28,29)20-9-7-19(30-3)8-10-20/h7-10,15,17-18,22,26H,4-6,11-14,16H2,1-3H3/t18-,22+/m0/s1. The number of amides is 1. The van der Waals surface area contributed by atoms with Gasteiger partial charge in [0.25, 0.3) is 5.91 Å². The number of ether oxygens (including phenoxy) is 3. The van der Waals surface area contributed by atoms with Gasteiger partial charge in [-0.2, -0.15) is 4.31 Å². The van der Waals surface area contributed by atoms with Crippen molar-refractivity contribution >= 4 is 15.9 Å². The van der Waals surface area contributed by atoms with Gasteiger partial charge in [0.1, 0.15) is 5.75 Å². The predicted molar refractivity (Wildman–Crippen MR) is 122 cm³/mol. The van der Waals surface area contributed by atoms with E-state index in [2.05, 4.69) is 0 Å². The van der Waals surface area contributed by atoms with Crippen molar-refractivity contribution in [2.75, 3.05) is 47.5 Å². The summed E-state index contributed by atoms with van der Waals surface area (Å²) < 4.78 is 44.0. The van der Waals surface area contributed by atoms with E-state index < -0.39 is 16.3 Å². The number of allylic oxidation sites excluding steroid dienone is 1. The van der Waals surface area contributed by atoms with Gasteiger partial charge in [0.2, 0.25) is 16.3 Å². The van der Waals surface area contributed by atoms with Crippen LogP contribution in [-0.4, -0.2) is 82.4 Å². The number of aliphatic hydroxyl groups excluding tert-OH is 1. The van der Waals surface area contributed by atoms with Gasteiger partial charge in [-0.15, -0.1) is 0 Å². The second kappa shape index (κ2) is 11.3. The summed E-state index contributed by atoms with van der Waals surface area (Å²) in [5, 5.41) is 9.41. The number of hydrogen-bond acceptors (Lipinski definition) is 7. The smallest absolute Gasteiger partial charge is 0.288 e. The highest BCUT2D eigenvalue weighted by Gasteiger charge is 2.35. The molecule has 2 atom stereocenters. The molecule has 1 aromatic rings. The van der Waals surface area contributed by atoms with Gasteiger partial charge in [-0.1, -0.05) is 6.42 Å². The molecule has 1 fully saturated rings. The monoisotopic (exact) mass is 482 g/mol. The Morgan fingerprint density at radius 3 is 2.42 bits per heavy atom. The molecule has 0 unspecified atom stereocenters. The maximum absolute atomic E-state index is 13.0. The fourth-order valence-electron chi connectivity index (χ4n) is 4.00. The summed E-state index contributed by atoms with van der Waals surface area (Å²) in [4.78, 5) is 14.0. The van der Waals surface area contributed by atoms with Crippen LogP contribution in [0.25, 0.3) is 0 Å². The fourth-order valence-corrected chi connectivity index (χ4v) is 5.42. The van der Waals surface area contributed by atoms with Gasteiger partial charge in [0.05, 0.1) is 25.2 Å². The molecular formula is C23H34N2O7S. The van der Waals surface area contributed by atoms with E-state index in [1.165, 1.54) is 34.9 Å². The number of rotatable bonds is 11. The molecule has 1 heterocycles. The van der Waals surface area contributed by atoms with E-state index in [0.717, 1.165) is 12.8 Å². The zero-order valence-corrected chi connectivity index (χ0v) is 20.3. The van der Waals surface area contributed by atoms with Crippen molar-refractivity contribution in [2.24, 2.45) is 11.8 Å². The molecule has 0 bridgehead atoms. The van der Waals surface area contributed by atoms with Gasteiger partial charge in [-0.05, 0) is 55.0 Å². The molecule has 9 nitrogen and oxygen atoms in total. The number of methoxy groups -OCH3 is 1. The molecule has 1 saturated carbocycles. The minimum Gasteiger partial charge on any atom is -0.497 e. The normalized spacial score (nSPS) is 21.2. The van der Waals surface area contributed by atoms with Crippen LogP contribution in [0.1, 0.15) is 25.7 Å². The van der Waals surface area contributed by atoms with Crippen molar-refractivity contribution in [1.82, 2.24) is 9.21 Å². The van der Waals surface area contributed by atoms with E-state index >= 15 is 0 Å². The van der Waals surface area contributed by atoms with Crippen molar-refractivity contribution in [1.29, 1.82) is 0 Å². The van der Waals surface area contributed by atoms with Gasteiger partial charge in [0.15, 0.2) is 5.76 Å². The van der Waals surface area contributed by atoms with Crippen molar-refractivity contribution in [3.05, 3.63) is 36.1 Å². The lowest BCUT2D eigenvalue weighted by molar-refractivity contribution is -0.156. The first kappa shape index (κ1) is 25.5. The predicted octanol–water partition coefficient (Wildman–Crippen LogP) is 1.83. The molecule has 0 spiro atoms. The van der Waals surface area contributed by atoms with E-state index in [4.69, 9.17) is 14.2 Å². The first-order valence-electron chi connectivity index (χ1n) is 11.2. The summed E-state index contributed by atoms with van der Waals surface area (Å²) in [6, 6.07) is 6.09. The van der Waals surface area contributed by atoms with Gasteiger partial charge in [-0.25, -0.2) is 8.42 Å². The molecule has 1 amide bonds. The molecule has 1 aliphatic heterocycles. The average molecular weight is 483 g/mol. The van der Waals surface area contributed by atoms with Gasteiger partial charge in [-0.3, -0.25) is 4.79 Å². The van der Waals surface area contributed by atoms with Crippen molar-refractivity contribution in [2.45, 2.75) is 36.9 Å². The SMILES string of the molecule is COc1ccc(S(=O)(=O)N(CCO)CCO[C@H]2C[C@@H](C3CCC3)C=C(C(=O)N(C)C)O2)cc1. The number of carbonyl (C=O) groups is 1. The molecule has 0 saturated heterocycles. The van der Waals surface area contributed by atoms with Gasteiger partial charge in [0, 0.05) is 33.6 Å². The van der Waals surface area contributed by atoms with Crippen molar-refractivity contribution in [3.8, 4) is 5.75 Å². The number of nitrogens with zero attached hydrogens (tertiary/aromatic N) is 2. The number of benzene rings is 1. The Hall–Kier alpha value is -2.14. The molecule has 2 aliphatic rings. The Balaban J connectivity index is 1.64. The van der Waals surface area contributed by atoms with E-state index in [9.17, 15) is 18.3 Å². The van der Waals surface area contributed by atoms with Crippen LogP contribution < -0.4 is 4.74 Å². The third-order valence-corrected chi connectivity index (χ3v) is 8.06. The Bertz CT molecular complexity index is 927. The molecule has 1 aliphatic carbocycles. The number of hydrogen-bond donors (Lipinski definition) is 1. The van der Waals surface area contributed by atoms with Crippen LogP contribution in [0.3, 0.4) is 0 Å². The zero-order valence-electron chi connectivity index (χ0n) is 19.5. The first-order valence-corrected chi connectivity index (χ1v) is 12.7. The number of aliphatic hydroxyl groups is 1. The van der Waals surface area contributed by atoms with Crippen molar-refractivity contribution < 1.29 is 32.5 Å². The number of sulfonamides is 1. The largest absolute Gasteiger partial charge is 0.497 e. The maximum atomic E-state index is 13.0. The van der Waals surface area contributed by atoms with Gasteiger partial charge < -0.3 is 24.2 Å². The lowest BCUT2D eigenvalue weighted by Gasteiger charge is -2.37.